The maximum absolute atomic E-state index is 10.5. The second kappa shape index (κ2) is 20.7. The summed E-state index contributed by atoms with van der Waals surface area (Å²) in [6, 6.07) is 0. The van der Waals surface area contributed by atoms with Crippen molar-refractivity contribution < 1.29 is 20.1 Å². The minimum atomic E-state index is -0.967. The van der Waals surface area contributed by atoms with E-state index in [0.29, 0.717) is 0 Å². The van der Waals surface area contributed by atoms with Crippen LogP contribution in [0.3, 0.4) is 0 Å². The van der Waals surface area contributed by atoms with E-state index in [-0.39, 0.29) is 11.8 Å². The molecular formula is C29H38O4. The molecule has 3 N–H and O–H groups in total. The van der Waals surface area contributed by atoms with E-state index in [9.17, 15) is 15.0 Å². The molecule has 4 heteroatoms. The van der Waals surface area contributed by atoms with Gasteiger partial charge in [0.15, 0.2) is 0 Å². The van der Waals surface area contributed by atoms with E-state index in [1.165, 1.54) is 6.08 Å². The summed E-state index contributed by atoms with van der Waals surface area (Å²) >= 11 is 0. The predicted octanol–water partition coefficient (Wildman–Crippen LogP) is 6.04. The Labute approximate surface area is 199 Å². The highest BCUT2D eigenvalue weighted by atomic mass is 16.4. The van der Waals surface area contributed by atoms with Gasteiger partial charge in [0.1, 0.15) is 0 Å². The fraction of sp³-hybridized carbons (Fsp3) is 0.276. The van der Waals surface area contributed by atoms with Crippen LogP contribution in [-0.4, -0.2) is 33.5 Å². The Bertz CT molecular complexity index is 803. The molecular weight excluding hydrogens is 412 g/mol. The van der Waals surface area contributed by atoms with Gasteiger partial charge < -0.3 is 15.3 Å². The van der Waals surface area contributed by atoms with E-state index in [2.05, 4.69) is 6.58 Å². The summed E-state index contributed by atoms with van der Waals surface area (Å²) < 4.78 is 0. The van der Waals surface area contributed by atoms with Crippen LogP contribution in [0, 0.1) is 11.8 Å². The van der Waals surface area contributed by atoms with Crippen molar-refractivity contribution in [2.45, 2.75) is 38.9 Å². The molecule has 178 valence electrons. The van der Waals surface area contributed by atoms with Gasteiger partial charge in [0.05, 0.1) is 12.2 Å². The van der Waals surface area contributed by atoms with Crippen molar-refractivity contribution in [3.63, 3.8) is 0 Å². The Kier molecular flexibility index (Phi) is 18.7. The Hall–Kier alpha value is -3.21. The van der Waals surface area contributed by atoms with E-state index >= 15 is 0 Å². The molecule has 0 radical (unpaired) electrons. The highest BCUT2D eigenvalue weighted by molar-refractivity contribution is 5.80. The average molecular weight is 451 g/mol. The molecule has 0 aromatic rings. The Morgan fingerprint density at radius 1 is 0.727 bits per heavy atom. The van der Waals surface area contributed by atoms with Crippen LogP contribution in [0.15, 0.2) is 122 Å². The molecule has 0 aliphatic carbocycles. The second-order valence-corrected chi connectivity index (χ2v) is 7.38. The zero-order valence-corrected chi connectivity index (χ0v) is 19.7. The molecule has 0 fully saturated rings. The number of carboxylic acids is 1. The van der Waals surface area contributed by atoms with Crippen LogP contribution >= 0.6 is 0 Å². The van der Waals surface area contributed by atoms with E-state index in [1.54, 1.807) is 30.4 Å². The number of aliphatic hydroxyl groups excluding tert-OH is 2. The Morgan fingerprint density at radius 3 is 1.85 bits per heavy atom. The monoisotopic (exact) mass is 450 g/mol. The summed E-state index contributed by atoms with van der Waals surface area (Å²) in [6.45, 7) is 7.38. The van der Waals surface area contributed by atoms with E-state index in [1.807, 2.05) is 86.8 Å². The van der Waals surface area contributed by atoms with E-state index in [0.717, 1.165) is 18.9 Å². The van der Waals surface area contributed by atoms with Crippen LogP contribution in [-0.2, 0) is 4.79 Å². The molecule has 0 aromatic carbocycles. The number of allylic oxidation sites excluding steroid dienone is 16. The minimum absolute atomic E-state index is 0.0638. The maximum atomic E-state index is 10.5. The largest absolute Gasteiger partial charge is 0.478 e. The predicted molar refractivity (Wildman–Crippen MR) is 140 cm³/mol. The highest BCUT2D eigenvalue weighted by Gasteiger charge is 2.24. The number of aliphatic hydroxyl groups is 2. The molecule has 4 unspecified atom stereocenters. The summed E-state index contributed by atoms with van der Waals surface area (Å²) in [4.78, 5) is 10.3. The first-order chi connectivity index (χ1) is 15.9. The first-order valence-corrected chi connectivity index (χ1v) is 11.1. The molecule has 4 nitrogen and oxygen atoms in total. The number of carbonyl (C=O) groups is 1. The fourth-order valence-electron chi connectivity index (χ4n) is 2.62. The molecule has 0 spiro atoms. The lowest BCUT2D eigenvalue weighted by atomic mass is 9.88. The summed E-state index contributed by atoms with van der Waals surface area (Å²) in [5, 5.41) is 29.3. The van der Waals surface area contributed by atoms with Crippen LogP contribution in [0.1, 0.15) is 26.7 Å². The van der Waals surface area contributed by atoms with Gasteiger partial charge in [-0.25, -0.2) is 4.79 Å². The van der Waals surface area contributed by atoms with Crippen LogP contribution in [0.5, 0.6) is 0 Å². The van der Waals surface area contributed by atoms with Gasteiger partial charge in [-0.1, -0.05) is 130 Å². The summed E-state index contributed by atoms with van der Waals surface area (Å²) in [7, 11) is 0. The molecule has 4 atom stereocenters. The summed E-state index contributed by atoms with van der Waals surface area (Å²) in [5.41, 5.74) is 0. The SMILES string of the molecule is C=C/C=C/C=C/C=C/C=C/C(O)C(C)C(O)C(C)/C=C/CC/C=C/C=C/C=C/C=C/C(=O)O. The number of hydrogen-bond donors (Lipinski definition) is 3. The summed E-state index contributed by atoms with van der Waals surface area (Å²) in [6.07, 6.45) is 34.4. The lowest BCUT2D eigenvalue weighted by Gasteiger charge is -2.25. The Balaban J connectivity index is 4.29. The van der Waals surface area contributed by atoms with Crippen molar-refractivity contribution in [3.05, 3.63) is 122 Å². The minimum Gasteiger partial charge on any atom is -0.478 e. The second-order valence-electron chi connectivity index (χ2n) is 7.38. The van der Waals surface area contributed by atoms with Gasteiger partial charge in [0.2, 0.25) is 0 Å². The van der Waals surface area contributed by atoms with Crippen molar-refractivity contribution in [3.8, 4) is 0 Å². The third-order valence-electron chi connectivity index (χ3n) is 4.60. The zero-order valence-electron chi connectivity index (χ0n) is 19.7. The molecule has 0 bridgehead atoms. The topological polar surface area (TPSA) is 77.8 Å². The quantitative estimate of drug-likeness (QED) is 0.116. The molecule has 0 aliphatic rings. The van der Waals surface area contributed by atoms with Gasteiger partial charge in [0.25, 0.3) is 0 Å². The lowest BCUT2D eigenvalue weighted by molar-refractivity contribution is -0.131. The molecule has 0 saturated heterocycles. The average Bonchev–Trinajstić information content (AvgIpc) is 2.79. The van der Waals surface area contributed by atoms with E-state index in [4.69, 9.17) is 5.11 Å². The lowest BCUT2D eigenvalue weighted by Crippen LogP contribution is -2.32. The van der Waals surface area contributed by atoms with Crippen molar-refractivity contribution in [2.75, 3.05) is 0 Å². The smallest absolute Gasteiger partial charge is 0.328 e. The van der Waals surface area contributed by atoms with Crippen molar-refractivity contribution in [1.29, 1.82) is 0 Å². The van der Waals surface area contributed by atoms with Crippen LogP contribution < -0.4 is 0 Å². The summed E-state index contributed by atoms with van der Waals surface area (Å²) in [5.74, 6) is -1.32. The standard InChI is InChI=1S/C29H38O4/c1-4-5-6-7-8-14-17-20-23-27(30)26(3)29(33)25(2)22-19-16-13-11-9-10-12-15-18-21-24-28(31)32/h4-12,14-15,17-27,29-30,33H,1,13,16H2,2-3H3,(H,31,32)/b6-5+,8-7+,11-9+,12-10+,17-14+,18-15+,22-19+,23-20+,24-21+. The first-order valence-electron chi connectivity index (χ1n) is 11.1. The normalized spacial score (nSPS) is 17.3. The zero-order chi connectivity index (χ0) is 24.7. The van der Waals surface area contributed by atoms with Gasteiger partial charge in [-0.05, 0) is 12.8 Å². The first kappa shape index (κ1) is 29.8. The van der Waals surface area contributed by atoms with Crippen molar-refractivity contribution in [1.82, 2.24) is 0 Å². The molecule has 0 saturated carbocycles. The number of carboxylic acid groups (broad SMARTS) is 1. The third kappa shape index (κ3) is 18.1. The van der Waals surface area contributed by atoms with Gasteiger partial charge in [-0.2, -0.15) is 0 Å². The number of aliphatic carboxylic acids is 1. The van der Waals surface area contributed by atoms with Crippen molar-refractivity contribution >= 4 is 5.97 Å². The van der Waals surface area contributed by atoms with Crippen LogP contribution in [0.25, 0.3) is 0 Å². The fourth-order valence-corrected chi connectivity index (χ4v) is 2.62. The van der Waals surface area contributed by atoms with Crippen LogP contribution in [0.2, 0.25) is 0 Å². The molecule has 0 amide bonds. The van der Waals surface area contributed by atoms with Gasteiger partial charge in [0, 0.05) is 17.9 Å². The number of unbranched alkanes of at least 4 members (excludes halogenated alkanes) is 1. The van der Waals surface area contributed by atoms with E-state index < -0.39 is 18.2 Å². The van der Waals surface area contributed by atoms with Crippen molar-refractivity contribution in [2.24, 2.45) is 11.8 Å². The molecule has 0 heterocycles. The maximum Gasteiger partial charge on any atom is 0.328 e. The molecule has 0 rings (SSSR count). The van der Waals surface area contributed by atoms with Gasteiger partial charge >= 0.3 is 5.97 Å². The third-order valence-corrected chi connectivity index (χ3v) is 4.60. The number of hydrogen-bond acceptors (Lipinski definition) is 3. The Morgan fingerprint density at radius 2 is 1.24 bits per heavy atom. The van der Waals surface area contributed by atoms with Gasteiger partial charge in [-0.3, -0.25) is 0 Å². The van der Waals surface area contributed by atoms with Crippen LogP contribution in [0.4, 0.5) is 0 Å². The number of rotatable bonds is 16. The molecule has 33 heavy (non-hydrogen) atoms. The molecule has 0 aromatic heterocycles. The van der Waals surface area contributed by atoms with Gasteiger partial charge in [-0.15, -0.1) is 0 Å². The molecule has 0 aliphatic heterocycles. The highest BCUT2D eigenvalue weighted by Crippen LogP contribution is 2.19.